The molecule has 0 fully saturated rings. The van der Waals surface area contributed by atoms with Gasteiger partial charge in [-0.2, -0.15) is 0 Å². The second-order valence-corrected chi connectivity index (χ2v) is 19.1. The standard InChI is InChI=1S/C63H45N3O/c1-62(2)50-30-13-11-25-46(50)55-44(27-16-32-52(55)62)42-36-48(45-29-17-33-53-56(45)47-26-12-14-31-51(47)63(53,3)4)58-49(37-42)57-43(28-18-34-54(57)67-58)40-23-15-24-41(35-40)61-65-59(38-19-7-5-8-20-38)64-60(66-61)39-21-9-6-10-22-39/h5-37H,1-4H3. The van der Waals surface area contributed by atoms with E-state index in [4.69, 9.17) is 19.4 Å². The van der Waals surface area contributed by atoms with E-state index in [9.17, 15) is 0 Å². The first-order valence-corrected chi connectivity index (χ1v) is 23.2. The van der Waals surface area contributed by atoms with Crippen LogP contribution in [0.15, 0.2) is 205 Å². The summed E-state index contributed by atoms with van der Waals surface area (Å²) in [6, 6.07) is 71.7. The number of fused-ring (bicyclic) bond motifs is 9. The monoisotopic (exact) mass is 859 g/mol. The largest absolute Gasteiger partial charge is 0.455 e. The molecule has 318 valence electrons. The minimum absolute atomic E-state index is 0.132. The average Bonchev–Trinajstić information content (AvgIpc) is 3.96. The van der Waals surface area contributed by atoms with Gasteiger partial charge in [-0.15, -0.1) is 0 Å². The fraction of sp³-hybridized carbons (Fsp3) is 0.0952. The molecule has 9 aromatic carbocycles. The predicted molar refractivity (Wildman–Crippen MR) is 275 cm³/mol. The van der Waals surface area contributed by atoms with E-state index < -0.39 is 0 Å². The van der Waals surface area contributed by atoms with Crippen LogP contribution in [-0.2, 0) is 10.8 Å². The van der Waals surface area contributed by atoms with Crippen molar-refractivity contribution in [3.05, 3.63) is 222 Å². The predicted octanol–water partition coefficient (Wildman–Crippen LogP) is 16.4. The molecule has 2 aliphatic carbocycles. The summed E-state index contributed by atoms with van der Waals surface area (Å²) in [5.41, 5.74) is 21.6. The van der Waals surface area contributed by atoms with Crippen LogP contribution in [-0.4, -0.2) is 15.0 Å². The highest BCUT2D eigenvalue weighted by molar-refractivity contribution is 6.18. The number of hydrogen-bond acceptors (Lipinski definition) is 4. The zero-order chi connectivity index (χ0) is 45.0. The maximum Gasteiger partial charge on any atom is 0.164 e. The summed E-state index contributed by atoms with van der Waals surface area (Å²) in [6.07, 6.45) is 0. The minimum atomic E-state index is -0.150. The second-order valence-electron chi connectivity index (χ2n) is 19.1. The van der Waals surface area contributed by atoms with Crippen LogP contribution in [0.25, 0.3) is 112 Å². The molecule has 0 radical (unpaired) electrons. The van der Waals surface area contributed by atoms with Crippen LogP contribution in [0.2, 0.25) is 0 Å². The molecule has 2 heterocycles. The van der Waals surface area contributed by atoms with E-state index in [2.05, 4.69) is 167 Å². The van der Waals surface area contributed by atoms with Crippen molar-refractivity contribution in [2.75, 3.05) is 0 Å². The van der Waals surface area contributed by atoms with E-state index in [1.807, 2.05) is 60.7 Å². The Balaban J connectivity index is 1.06. The number of benzene rings is 9. The zero-order valence-corrected chi connectivity index (χ0v) is 37.8. The Kier molecular flexibility index (Phi) is 8.57. The van der Waals surface area contributed by atoms with Crippen LogP contribution >= 0.6 is 0 Å². The average molecular weight is 860 g/mol. The summed E-state index contributed by atoms with van der Waals surface area (Å²) in [4.78, 5) is 15.2. The highest BCUT2D eigenvalue weighted by atomic mass is 16.3. The molecule has 2 aromatic heterocycles. The third kappa shape index (κ3) is 5.96. The lowest BCUT2D eigenvalue weighted by Crippen LogP contribution is -2.14. The van der Waals surface area contributed by atoms with Gasteiger partial charge >= 0.3 is 0 Å². The van der Waals surface area contributed by atoms with Crippen LogP contribution in [0.5, 0.6) is 0 Å². The molecule has 0 unspecified atom stereocenters. The third-order valence-corrected chi connectivity index (χ3v) is 14.5. The van der Waals surface area contributed by atoms with Crippen molar-refractivity contribution in [1.82, 2.24) is 15.0 Å². The van der Waals surface area contributed by atoms with Gasteiger partial charge in [-0.25, -0.2) is 15.0 Å². The van der Waals surface area contributed by atoms with E-state index in [1.54, 1.807) is 0 Å². The molecular weight excluding hydrogens is 815 g/mol. The van der Waals surface area contributed by atoms with Crippen LogP contribution in [0.4, 0.5) is 0 Å². The fourth-order valence-electron chi connectivity index (χ4n) is 11.3. The third-order valence-electron chi connectivity index (χ3n) is 14.5. The quantitative estimate of drug-likeness (QED) is 0.167. The normalized spacial score (nSPS) is 13.9. The molecular formula is C63H45N3O. The van der Waals surface area contributed by atoms with Crippen molar-refractivity contribution in [1.29, 1.82) is 0 Å². The zero-order valence-electron chi connectivity index (χ0n) is 37.8. The molecule has 11 aromatic rings. The van der Waals surface area contributed by atoms with Crippen molar-refractivity contribution in [2.45, 2.75) is 38.5 Å². The molecule has 0 amide bonds. The minimum Gasteiger partial charge on any atom is -0.455 e. The van der Waals surface area contributed by atoms with Gasteiger partial charge in [0.25, 0.3) is 0 Å². The van der Waals surface area contributed by atoms with E-state index >= 15 is 0 Å². The molecule has 67 heavy (non-hydrogen) atoms. The highest BCUT2D eigenvalue weighted by Gasteiger charge is 2.39. The summed E-state index contributed by atoms with van der Waals surface area (Å²) >= 11 is 0. The Morgan fingerprint density at radius 2 is 0.776 bits per heavy atom. The molecule has 2 aliphatic rings. The second kappa shape index (κ2) is 14.7. The summed E-state index contributed by atoms with van der Waals surface area (Å²) in [7, 11) is 0. The number of aromatic nitrogens is 3. The van der Waals surface area contributed by atoms with E-state index in [-0.39, 0.29) is 10.8 Å². The first-order valence-electron chi connectivity index (χ1n) is 23.2. The number of nitrogens with zero attached hydrogens (tertiary/aromatic N) is 3. The lowest BCUT2D eigenvalue weighted by atomic mass is 9.81. The van der Waals surface area contributed by atoms with Crippen molar-refractivity contribution in [3.8, 4) is 89.8 Å². The topological polar surface area (TPSA) is 51.8 Å². The SMILES string of the molecule is CC1(C)c2ccccc2-c2c(-c3cc(-c4cccc5c4-c4ccccc4C5(C)C)c4oc5cccc(-c6cccc(-c7nc(-c8ccccc8)nc(-c8ccccc8)n7)c6)c5c4c3)cccc21. The summed E-state index contributed by atoms with van der Waals surface area (Å²) in [5.74, 6) is 1.88. The molecule has 0 saturated carbocycles. The molecule has 13 rings (SSSR count). The Hall–Kier alpha value is -8.21. The Morgan fingerprint density at radius 3 is 1.40 bits per heavy atom. The van der Waals surface area contributed by atoms with Crippen molar-refractivity contribution in [3.63, 3.8) is 0 Å². The molecule has 0 saturated heterocycles. The van der Waals surface area contributed by atoms with Gasteiger partial charge in [-0.1, -0.05) is 204 Å². The summed E-state index contributed by atoms with van der Waals surface area (Å²) < 4.78 is 7.18. The molecule has 0 N–H and O–H groups in total. The van der Waals surface area contributed by atoms with Crippen molar-refractivity contribution in [2.24, 2.45) is 0 Å². The van der Waals surface area contributed by atoms with Gasteiger partial charge in [-0.3, -0.25) is 0 Å². The van der Waals surface area contributed by atoms with Gasteiger partial charge in [0.2, 0.25) is 0 Å². The Bertz CT molecular complexity index is 3750. The smallest absolute Gasteiger partial charge is 0.164 e. The van der Waals surface area contributed by atoms with Gasteiger partial charge in [-0.05, 0) is 96.6 Å². The highest BCUT2D eigenvalue weighted by Crippen LogP contribution is 2.56. The number of rotatable bonds is 6. The molecule has 0 aliphatic heterocycles. The number of furan rings is 1. The summed E-state index contributed by atoms with van der Waals surface area (Å²) in [5, 5.41) is 2.15. The van der Waals surface area contributed by atoms with E-state index in [0.29, 0.717) is 17.5 Å². The van der Waals surface area contributed by atoms with Gasteiger partial charge in [0, 0.05) is 43.9 Å². The first-order chi connectivity index (χ1) is 32.7. The maximum atomic E-state index is 7.18. The van der Waals surface area contributed by atoms with Crippen LogP contribution in [0.1, 0.15) is 49.9 Å². The first kappa shape index (κ1) is 39.2. The van der Waals surface area contributed by atoms with Gasteiger partial charge in [0.05, 0.1) is 0 Å². The molecule has 0 atom stereocenters. The Labute approximate surface area is 390 Å². The van der Waals surface area contributed by atoms with E-state index in [1.165, 1.54) is 55.6 Å². The van der Waals surface area contributed by atoms with Gasteiger partial charge in [0.1, 0.15) is 11.2 Å². The van der Waals surface area contributed by atoms with Gasteiger partial charge in [0.15, 0.2) is 17.5 Å². The summed E-state index contributed by atoms with van der Waals surface area (Å²) in [6.45, 7) is 9.41. The van der Waals surface area contributed by atoms with Crippen LogP contribution < -0.4 is 0 Å². The molecule has 0 bridgehead atoms. The van der Waals surface area contributed by atoms with Gasteiger partial charge < -0.3 is 4.42 Å². The van der Waals surface area contributed by atoms with E-state index in [0.717, 1.165) is 60.9 Å². The Morgan fingerprint density at radius 1 is 0.328 bits per heavy atom. The maximum absolute atomic E-state index is 7.18. The molecule has 4 heteroatoms. The molecule has 0 spiro atoms. The van der Waals surface area contributed by atoms with Crippen molar-refractivity contribution < 1.29 is 4.42 Å². The lowest BCUT2D eigenvalue weighted by Gasteiger charge is -2.22. The fourth-order valence-corrected chi connectivity index (χ4v) is 11.3. The molecule has 4 nitrogen and oxygen atoms in total. The van der Waals surface area contributed by atoms with Crippen LogP contribution in [0.3, 0.4) is 0 Å². The van der Waals surface area contributed by atoms with Crippen LogP contribution in [0, 0.1) is 0 Å². The number of hydrogen-bond donors (Lipinski definition) is 0. The lowest BCUT2D eigenvalue weighted by molar-refractivity contribution is 0.660. The van der Waals surface area contributed by atoms with Crippen molar-refractivity contribution >= 4 is 21.9 Å².